The molecule has 0 aliphatic carbocycles. The molecule has 0 saturated heterocycles. The van der Waals surface area contributed by atoms with Gasteiger partial charge >= 0.3 is 0 Å². The number of allylic oxidation sites excluding steroid dienone is 1. The molecule has 1 heteroatoms. The van der Waals surface area contributed by atoms with Crippen LogP contribution in [0.2, 0.25) is 0 Å². The van der Waals surface area contributed by atoms with Gasteiger partial charge in [0.1, 0.15) is 0 Å². The van der Waals surface area contributed by atoms with Crippen LogP contribution in [0.4, 0.5) is 0 Å². The van der Waals surface area contributed by atoms with Crippen molar-refractivity contribution >= 4 is 5.57 Å². The highest BCUT2D eigenvalue weighted by Crippen LogP contribution is 2.39. The monoisotopic (exact) mass is 272 g/mol. The van der Waals surface area contributed by atoms with E-state index in [2.05, 4.69) is 65.8 Å². The average Bonchev–Trinajstić information content (AvgIpc) is 2.55. The zero-order chi connectivity index (χ0) is 14.9. The number of hydrogen-bond donors (Lipinski definition) is 0. The van der Waals surface area contributed by atoms with E-state index < -0.39 is 0 Å². The summed E-state index contributed by atoms with van der Waals surface area (Å²) in [5.41, 5.74) is 5.73. The van der Waals surface area contributed by atoms with Crippen molar-refractivity contribution in [1.29, 1.82) is 0 Å². The fourth-order valence-corrected chi connectivity index (χ4v) is 3.32. The first-order valence-electron chi connectivity index (χ1n) is 7.87. The summed E-state index contributed by atoms with van der Waals surface area (Å²) in [4.78, 5) is 0. The second kappa shape index (κ2) is 6.13. The molecule has 1 aliphatic rings. The van der Waals surface area contributed by atoms with Gasteiger partial charge < -0.3 is 4.74 Å². The summed E-state index contributed by atoms with van der Waals surface area (Å²) in [5, 5.41) is 0. The van der Waals surface area contributed by atoms with Crippen LogP contribution in [0, 0.1) is 17.8 Å². The lowest BCUT2D eigenvalue weighted by Gasteiger charge is -2.29. The van der Waals surface area contributed by atoms with Crippen molar-refractivity contribution in [1.82, 2.24) is 0 Å². The van der Waals surface area contributed by atoms with Gasteiger partial charge in [-0.3, -0.25) is 0 Å². The SMILES string of the molecule is CC(C)C1=C(C(C)C)[C@@H](C(C)C)OCc2ccccc21. The molecule has 0 aromatic heterocycles. The molecular weight excluding hydrogens is 244 g/mol. The number of hydrogen-bond acceptors (Lipinski definition) is 1. The summed E-state index contributed by atoms with van der Waals surface area (Å²) in [5.74, 6) is 1.55. The second-order valence-electron chi connectivity index (χ2n) is 6.81. The Hall–Kier alpha value is -1.08. The van der Waals surface area contributed by atoms with E-state index >= 15 is 0 Å². The highest BCUT2D eigenvalue weighted by molar-refractivity contribution is 5.74. The van der Waals surface area contributed by atoms with Gasteiger partial charge in [0, 0.05) is 0 Å². The zero-order valence-corrected chi connectivity index (χ0v) is 13.7. The van der Waals surface area contributed by atoms with Crippen LogP contribution in [0.25, 0.3) is 5.57 Å². The molecule has 1 nitrogen and oxygen atoms in total. The molecule has 0 radical (unpaired) electrons. The second-order valence-corrected chi connectivity index (χ2v) is 6.81. The fraction of sp³-hybridized carbons (Fsp3) is 0.579. The van der Waals surface area contributed by atoms with Crippen molar-refractivity contribution < 1.29 is 4.74 Å². The van der Waals surface area contributed by atoms with E-state index in [0.717, 1.165) is 6.61 Å². The Kier molecular flexibility index (Phi) is 4.70. The Morgan fingerprint density at radius 1 is 0.950 bits per heavy atom. The molecule has 1 aromatic carbocycles. The maximum absolute atomic E-state index is 6.29. The van der Waals surface area contributed by atoms with Crippen LogP contribution in [-0.2, 0) is 11.3 Å². The lowest BCUT2D eigenvalue weighted by Crippen LogP contribution is -2.25. The predicted octanol–water partition coefficient (Wildman–Crippen LogP) is 5.31. The third kappa shape index (κ3) is 2.83. The molecule has 0 amide bonds. The van der Waals surface area contributed by atoms with Gasteiger partial charge in [-0.25, -0.2) is 0 Å². The van der Waals surface area contributed by atoms with Crippen LogP contribution in [-0.4, -0.2) is 6.10 Å². The van der Waals surface area contributed by atoms with Crippen molar-refractivity contribution in [3.63, 3.8) is 0 Å². The Bertz CT molecular complexity index is 494. The van der Waals surface area contributed by atoms with Crippen molar-refractivity contribution in [2.45, 2.75) is 54.3 Å². The standard InChI is InChI=1S/C19H28O/c1-12(2)17-16-10-8-7-9-15(16)11-20-19(14(5)6)18(17)13(3)4/h7-10,12-14,19H,11H2,1-6H3/t19-/m1/s1. The summed E-state index contributed by atoms with van der Waals surface area (Å²) in [7, 11) is 0. The smallest absolute Gasteiger partial charge is 0.0820 e. The minimum absolute atomic E-state index is 0.236. The van der Waals surface area contributed by atoms with Gasteiger partial charge in [-0.2, -0.15) is 0 Å². The molecule has 110 valence electrons. The zero-order valence-electron chi connectivity index (χ0n) is 13.7. The number of rotatable bonds is 3. The van der Waals surface area contributed by atoms with Gasteiger partial charge in [0.2, 0.25) is 0 Å². The van der Waals surface area contributed by atoms with Gasteiger partial charge in [0.05, 0.1) is 12.7 Å². The molecule has 1 heterocycles. The quantitative estimate of drug-likeness (QED) is 0.725. The maximum Gasteiger partial charge on any atom is 0.0820 e. The van der Waals surface area contributed by atoms with E-state index in [1.165, 1.54) is 22.3 Å². The van der Waals surface area contributed by atoms with Crippen LogP contribution in [0.15, 0.2) is 29.8 Å². The highest BCUT2D eigenvalue weighted by Gasteiger charge is 2.30. The predicted molar refractivity (Wildman–Crippen MR) is 86.5 cm³/mol. The summed E-state index contributed by atoms with van der Waals surface area (Å²) in [6.45, 7) is 14.5. The maximum atomic E-state index is 6.29. The van der Waals surface area contributed by atoms with Crippen LogP contribution in [0.1, 0.15) is 52.7 Å². The van der Waals surface area contributed by atoms with Crippen molar-refractivity contribution in [2.24, 2.45) is 17.8 Å². The lowest BCUT2D eigenvalue weighted by molar-refractivity contribution is 0.0319. The normalized spacial score (nSPS) is 19.8. The van der Waals surface area contributed by atoms with E-state index in [4.69, 9.17) is 4.74 Å². The van der Waals surface area contributed by atoms with E-state index in [1.54, 1.807) is 0 Å². The average molecular weight is 272 g/mol. The molecule has 20 heavy (non-hydrogen) atoms. The van der Waals surface area contributed by atoms with E-state index in [0.29, 0.717) is 17.8 Å². The molecular formula is C19H28O. The summed E-state index contributed by atoms with van der Waals surface area (Å²) in [6.07, 6.45) is 0.236. The third-order valence-electron chi connectivity index (χ3n) is 4.15. The minimum Gasteiger partial charge on any atom is -0.369 e. The Morgan fingerprint density at radius 2 is 1.60 bits per heavy atom. The molecule has 0 spiro atoms. The molecule has 0 fully saturated rings. The molecule has 1 aliphatic heterocycles. The molecule has 0 saturated carbocycles. The van der Waals surface area contributed by atoms with Gasteiger partial charge in [0.15, 0.2) is 0 Å². The van der Waals surface area contributed by atoms with Gasteiger partial charge in [0.25, 0.3) is 0 Å². The molecule has 0 bridgehead atoms. The number of ether oxygens (including phenoxy) is 1. The first kappa shape index (κ1) is 15.3. The van der Waals surface area contributed by atoms with Crippen LogP contribution in [0.3, 0.4) is 0 Å². The Balaban J connectivity index is 2.69. The topological polar surface area (TPSA) is 9.23 Å². The molecule has 1 aromatic rings. The third-order valence-corrected chi connectivity index (χ3v) is 4.15. The highest BCUT2D eigenvalue weighted by atomic mass is 16.5. The largest absolute Gasteiger partial charge is 0.369 e. The summed E-state index contributed by atoms with van der Waals surface area (Å²) in [6, 6.07) is 8.73. The molecule has 0 unspecified atom stereocenters. The van der Waals surface area contributed by atoms with E-state index in [9.17, 15) is 0 Å². The number of benzene rings is 1. The Labute approximate surface area is 124 Å². The first-order chi connectivity index (χ1) is 9.43. The first-order valence-corrected chi connectivity index (χ1v) is 7.87. The van der Waals surface area contributed by atoms with Crippen LogP contribution >= 0.6 is 0 Å². The number of fused-ring (bicyclic) bond motifs is 1. The molecule has 1 atom stereocenters. The Morgan fingerprint density at radius 3 is 2.15 bits per heavy atom. The van der Waals surface area contributed by atoms with Crippen molar-refractivity contribution in [2.75, 3.05) is 0 Å². The lowest BCUT2D eigenvalue weighted by atomic mass is 9.80. The van der Waals surface area contributed by atoms with Crippen molar-refractivity contribution in [3.8, 4) is 0 Å². The molecule has 0 N–H and O–H groups in total. The van der Waals surface area contributed by atoms with Gasteiger partial charge in [-0.1, -0.05) is 65.8 Å². The summed E-state index contributed by atoms with van der Waals surface area (Å²) < 4.78 is 6.29. The van der Waals surface area contributed by atoms with Crippen LogP contribution < -0.4 is 0 Å². The summed E-state index contributed by atoms with van der Waals surface area (Å²) >= 11 is 0. The van der Waals surface area contributed by atoms with Gasteiger partial charge in [-0.15, -0.1) is 0 Å². The fourth-order valence-electron chi connectivity index (χ4n) is 3.32. The van der Waals surface area contributed by atoms with E-state index in [1.807, 2.05) is 0 Å². The minimum atomic E-state index is 0.236. The molecule has 2 rings (SSSR count). The van der Waals surface area contributed by atoms with Gasteiger partial charge in [-0.05, 0) is 40.0 Å². The van der Waals surface area contributed by atoms with E-state index in [-0.39, 0.29) is 6.10 Å². The van der Waals surface area contributed by atoms with Crippen molar-refractivity contribution in [3.05, 3.63) is 41.0 Å². The van der Waals surface area contributed by atoms with Crippen LogP contribution in [0.5, 0.6) is 0 Å².